The van der Waals surface area contributed by atoms with Crippen molar-refractivity contribution in [2.75, 3.05) is 5.32 Å². The van der Waals surface area contributed by atoms with Crippen LogP contribution < -0.4 is 5.32 Å². The van der Waals surface area contributed by atoms with Crippen molar-refractivity contribution in [1.82, 2.24) is 0 Å². The second kappa shape index (κ2) is 6.45. The zero-order valence-corrected chi connectivity index (χ0v) is 13.3. The number of benzene rings is 2. The number of nitrogens with one attached hydrogen (secondary N) is 1. The van der Waals surface area contributed by atoms with Gasteiger partial charge in [0.1, 0.15) is 0 Å². The van der Waals surface area contributed by atoms with E-state index >= 15 is 0 Å². The summed E-state index contributed by atoms with van der Waals surface area (Å²) in [4.78, 5) is 33.0. The predicted octanol–water partition coefficient (Wildman–Crippen LogP) is 3.68. The number of carbonyl (C=O) groups is 1. The van der Waals surface area contributed by atoms with E-state index in [9.17, 15) is 25.0 Å². The van der Waals surface area contributed by atoms with Gasteiger partial charge in [-0.25, -0.2) is 0 Å². The van der Waals surface area contributed by atoms with Gasteiger partial charge in [0.25, 0.3) is 17.3 Å². The number of anilines is 1. The zero-order valence-electron chi connectivity index (χ0n) is 13.3. The second-order valence-electron chi connectivity index (χ2n) is 5.35. The normalized spacial score (nSPS) is 10.3. The Kier molecular flexibility index (Phi) is 4.59. The lowest BCUT2D eigenvalue weighted by molar-refractivity contribution is -0.394. The summed E-state index contributed by atoms with van der Waals surface area (Å²) in [5, 5.41) is 24.7. The Morgan fingerprint density at radius 2 is 1.67 bits per heavy atom. The summed E-state index contributed by atoms with van der Waals surface area (Å²) < 4.78 is 0. The van der Waals surface area contributed by atoms with Crippen molar-refractivity contribution in [3.63, 3.8) is 0 Å². The van der Waals surface area contributed by atoms with Crippen LogP contribution in [-0.2, 0) is 0 Å². The highest BCUT2D eigenvalue weighted by atomic mass is 16.6. The number of aryl methyl sites for hydroxylation is 1. The van der Waals surface area contributed by atoms with E-state index < -0.39 is 27.1 Å². The van der Waals surface area contributed by atoms with Gasteiger partial charge in [0.15, 0.2) is 0 Å². The van der Waals surface area contributed by atoms with E-state index in [-0.39, 0.29) is 11.1 Å². The van der Waals surface area contributed by atoms with Crippen LogP contribution in [-0.4, -0.2) is 15.8 Å². The van der Waals surface area contributed by atoms with E-state index in [1.54, 1.807) is 12.1 Å². The van der Waals surface area contributed by atoms with E-state index in [4.69, 9.17) is 0 Å². The minimum atomic E-state index is -0.763. The fraction of sp³-hybridized carbons (Fsp3) is 0.188. The van der Waals surface area contributed by atoms with Crippen LogP contribution in [0.15, 0.2) is 30.3 Å². The van der Waals surface area contributed by atoms with Crippen LogP contribution in [0.5, 0.6) is 0 Å². The van der Waals surface area contributed by atoms with Gasteiger partial charge in [-0.15, -0.1) is 0 Å². The molecule has 2 rings (SSSR count). The summed E-state index contributed by atoms with van der Waals surface area (Å²) in [5.74, 6) is -0.631. The topological polar surface area (TPSA) is 115 Å². The predicted molar refractivity (Wildman–Crippen MR) is 88.4 cm³/mol. The van der Waals surface area contributed by atoms with Gasteiger partial charge in [-0.05, 0) is 38.0 Å². The van der Waals surface area contributed by atoms with E-state index in [0.717, 1.165) is 23.3 Å². The number of hydrogen-bond acceptors (Lipinski definition) is 5. The lowest BCUT2D eigenvalue weighted by Crippen LogP contribution is -2.15. The first-order valence-electron chi connectivity index (χ1n) is 7.03. The Morgan fingerprint density at radius 1 is 1.00 bits per heavy atom. The summed E-state index contributed by atoms with van der Waals surface area (Å²) in [7, 11) is 0. The number of nitro benzene ring substituents is 2. The molecule has 0 fully saturated rings. The van der Waals surface area contributed by atoms with Crippen molar-refractivity contribution in [2.24, 2.45) is 0 Å². The number of hydrogen-bond donors (Lipinski definition) is 1. The second-order valence-corrected chi connectivity index (χ2v) is 5.35. The van der Waals surface area contributed by atoms with Crippen molar-refractivity contribution in [2.45, 2.75) is 20.8 Å². The molecule has 2 aromatic rings. The molecule has 8 heteroatoms. The summed E-state index contributed by atoms with van der Waals surface area (Å²) in [6.45, 7) is 5.10. The summed E-state index contributed by atoms with van der Waals surface area (Å²) in [5.41, 5.74) is 1.38. The van der Waals surface area contributed by atoms with Gasteiger partial charge >= 0.3 is 0 Å². The standard InChI is InChI=1S/C16H15N3O5/c1-9-5-4-6-14(10(9)2)17-16(20)13-7-12(18(21)22)8-15(11(13)3)19(23)24/h4-8H,1-3H3,(H,17,20). The molecule has 0 heterocycles. The monoisotopic (exact) mass is 329 g/mol. The Morgan fingerprint density at radius 3 is 2.25 bits per heavy atom. The van der Waals surface area contributed by atoms with Gasteiger partial charge in [0.05, 0.1) is 21.5 Å². The van der Waals surface area contributed by atoms with Gasteiger partial charge < -0.3 is 5.32 Å². The number of nitrogens with zero attached hydrogens (tertiary/aromatic N) is 2. The van der Waals surface area contributed by atoms with Gasteiger partial charge in [0.2, 0.25) is 0 Å². The molecule has 2 aromatic carbocycles. The van der Waals surface area contributed by atoms with Gasteiger partial charge in [-0.2, -0.15) is 0 Å². The molecule has 0 radical (unpaired) electrons. The van der Waals surface area contributed by atoms with Crippen LogP contribution in [0.3, 0.4) is 0 Å². The molecule has 124 valence electrons. The maximum atomic E-state index is 12.5. The maximum Gasteiger partial charge on any atom is 0.279 e. The van der Waals surface area contributed by atoms with Gasteiger partial charge in [0, 0.05) is 17.3 Å². The molecule has 0 aliphatic carbocycles. The van der Waals surface area contributed by atoms with Crippen LogP contribution in [0.25, 0.3) is 0 Å². The highest BCUT2D eigenvalue weighted by molar-refractivity contribution is 6.06. The van der Waals surface area contributed by atoms with Crippen LogP contribution in [0, 0.1) is 41.0 Å². The number of non-ortho nitro benzene ring substituents is 1. The van der Waals surface area contributed by atoms with Crippen molar-refractivity contribution >= 4 is 23.0 Å². The summed E-state index contributed by atoms with van der Waals surface area (Å²) in [6.07, 6.45) is 0. The summed E-state index contributed by atoms with van der Waals surface area (Å²) >= 11 is 0. The molecule has 0 aromatic heterocycles. The number of rotatable bonds is 4. The Balaban J connectivity index is 2.50. The molecule has 1 N–H and O–H groups in total. The molecule has 24 heavy (non-hydrogen) atoms. The van der Waals surface area contributed by atoms with Crippen LogP contribution in [0.2, 0.25) is 0 Å². The lowest BCUT2D eigenvalue weighted by Gasteiger charge is -2.11. The average Bonchev–Trinajstić information content (AvgIpc) is 2.51. The highest BCUT2D eigenvalue weighted by Crippen LogP contribution is 2.29. The molecule has 0 spiro atoms. The molecule has 0 aliphatic heterocycles. The largest absolute Gasteiger partial charge is 0.322 e. The molecule has 0 bridgehead atoms. The first-order chi connectivity index (χ1) is 11.2. The quantitative estimate of drug-likeness (QED) is 0.678. The molecular weight excluding hydrogens is 314 g/mol. The maximum absolute atomic E-state index is 12.5. The minimum Gasteiger partial charge on any atom is -0.322 e. The summed E-state index contributed by atoms with van der Waals surface area (Å²) in [6, 6.07) is 7.24. The third kappa shape index (κ3) is 3.22. The number of carbonyl (C=O) groups excluding carboxylic acids is 1. The molecule has 8 nitrogen and oxygen atoms in total. The highest BCUT2D eigenvalue weighted by Gasteiger charge is 2.25. The van der Waals surface area contributed by atoms with Crippen molar-refractivity contribution < 1.29 is 14.6 Å². The van der Waals surface area contributed by atoms with E-state index in [0.29, 0.717) is 5.69 Å². The van der Waals surface area contributed by atoms with Crippen LogP contribution in [0.4, 0.5) is 17.1 Å². The Labute approximate surface area is 137 Å². The van der Waals surface area contributed by atoms with E-state index in [2.05, 4.69) is 5.32 Å². The van der Waals surface area contributed by atoms with Crippen molar-refractivity contribution in [3.05, 3.63) is 72.8 Å². The first kappa shape index (κ1) is 17.1. The van der Waals surface area contributed by atoms with Crippen LogP contribution >= 0.6 is 0 Å². The van der Waals surface area contributed by atoms with Crippen LogP contribution in [0.1, 0.15) is 27.0 Å². The minimum absolute atomic E-state index is 0.0772. The number of nitro groups is 2. The first-order valence-corrected chi connectivity index (χ1v) is 7.03. The Hall–Kier alpha value is -3.29. The van der Waals surface area contributed by atoms with Gasteiger partial charge in [-0.3, -0.25) is 25.0 Å². The third-order valence-electron chi connectivity index (χ3n) is 3.87. The molecule has 0 aliphatic rings. The molecular formula is C16H15N3O5. The van der Waals surface area contributed by atoms with Crippen molar-refractivity contribution in [3.8, 4) is 0 Å². The molecule has 1 amide bonds. The van der Waals surface area contributed by atoms with E-state index in [1.165, 1.54) is 6.92 Å². The Bertz CT molecular complexity index is 861. The smallest absolute Gasteiger partial charge is 0.279 e. The molecule has 0 unspecified atom stereocenters. The average molecular weight is 329 g/mol. The van der Waals surface area contributed by atoms with Gasteiger partial charge in [-0.1, -0.05) is 12.1 Å². The SMILES string of the molecule is Cc1cccc(NC(=O)c2cc([N+](=O)[O-])cc([N+](=O)[O-])c2C)c1C. The van der Waals surface area contributed by atoms with Crippen molar-refractivity contribution in [1.29, 1.82) is 0 Å². The molecule has 0 saturated carbocycles. The molecule has 0 saturated heterocycles. The number of amides is 1. The fourth-order valence-corrected chi connectivity index (χ4v) is 2.29. The third-order valence-corrected chi connectivity index (χ3v) is 3.87. The zero-order chi connectivity index (χ0) is 18.0. The molecule has 0 atom stereocenters. The van der Waals surface area contributed by atoms with E-state index in [1.807, 2.05) is 19.9 Å². The lowest BCUT2D eigenvalue weighted by atomic mass is 10.0. The fourth-order valence-electron chi connectivity index (χ4n) is 2.29.